The van der Waals surface area contributed by atoms with E-state index in [4.69, 9.17) is 0 Å². The fourth-order valence-electron chi connectivity index (χ4n) is 8.03. The van der Waals surface area contributed by atoms with Crippen molar-refractivity contribution in [1.82, 2.24) is 0 Å². The van der Waals surface area contributed by atoms with Crippen molar-refractivity contribution in [2.24, 2.45) is 40.4 Å². The predicted octanol–water partition coefficient (Wildman–Crippen LogP) is 5.04. The summed E-state index contributed by atoms with van der Waals surface area (Å²) in [6, 6.07) is 0. The molecule has 0 bridgehead atoms. The molecule has 0 saturated heterocycles. The molecule has 0 radical (unpaired) electrons. The van der Waals surface area contributed by atoms with Crippen LogP contribution in [0.4, 0.5) is 0 Å². The van der Waals surface area contributed by atoms with Gasteiger partial charge in [0.1, 0.15) is 0 Å². The van der Waals surface area contributed by atoms with Gasteiger partial charge in [0.15, 0.2) is 0 Å². The molecule has 0 aliphatic heterocycles. The number of allylic oxidation sites excluding steroid dienone is 1. The minimum Gasteiger partial charge on any atom is -0.481 e. The number of rotatable bonds is 3. The number of aliphatic hydroxyl groups excluding tert-OH is 1. The SMILES string of the molecule is C[C@H](CC(=O)O)[C@H]1CC[C@H]2[C@@H]3CC=C4C[C@@H](O)CC[C@]4(C)[C@H]3CC[C@]12C. The maximum atomic E-state index is 11.3. The zero-order chi connectivity index (χ0) is 18.7. The minimum atomic E-state index is -0.642. The quantitative estimate of drug-likeness (QED) is 0.693. The third kappa shape index (κ3) is 2.68. The molecule has 0 aromatic carbocycles. The lowest BCUT2D eigenvalue weighted by atomic mass is 9.47. The lowest BCUT2D eigenvalue weighted by Crippen LogP contribution is -2.50. The van der Waals surface area contributed by atoms with Gasteiger partial charge in [-0.25, -0.2) is 0 Å². The van der Waals surface area contributed by atoms with Gasteiger partial charge >= 0.3 is 5.97 Å². The van der Waals surface area contributed by atoms with Gasteiger partial charge in [-0.3, -0.25) is 4.79 Å². The summed E-state index contributed by atoms with van der Waals surface area (Å²) in [5.74, 6) is 2.49. The maximum Gasteiger partial charge on any atom is 0.303 e. The van der Waals surface area contributed by atoms with E-state index < -0.39 is 5.97 Å². The fraction of sp³-hybridized carbons (Fsp3) is 0.870. The van der Waals surface area contributed by atoms with Gasteiger partial charge < -0.3 is 10.2 Å². The van der Waals surface area contributed by atoms with Crippen LogP contribution in [0.2, 0.25) is 0 Å². The summed E-state index contributed by atoms with van der Waals surface area (Å²) in [5.41, 5.74) is 2.16. The molecular weight excluding hydrogens is 324 g/mol. The smallest absolute Gasteiger partial charge is 0.303 e. The van der Waals surface area contributed by atoms with Gasteiger partial charge in [0.25, 0.3) is 0 Å². The summed E-state index contributed by atoms with van der Waals surface area (Å²) >= 11 is 0. The van der Waals surface area contributed by atoms with Gasteiger partial charge in [0.05, 0.1) is 6.10 Å². The Bertz CT molecular complexity index is 611. The average molecular weight is 361 g/mol. The van der Waals surface area contributed by atoms with Crippen molar-refractivity contribution in [2.45, 2.75) is 84.7 Å². The zero-order valence-electron chi connectivity index (χ0n) is 16.7. The largest absolute Gasteiger partial charge is 0.481 e. The van der Waals surface area contributed by atoms with Crippen LogP contribution < -0.4 is 0 Å². The van der Waals surface area contributed by atoms with Crippen LogP contribution in [0.5, 0.6) is 0 Å². The normalized spacial score (nSPS) is 48.8. The molecule has 3 saturated carbocycles. The van der Waals surface area contributed by atoms with Crippen LogP contribution >= 0.6 is 0 Å². The van der Waals surface area contributed by atoms with Crippen molar-refractivity contribution in [3.8, 4) is 0 Å². The third-order valence-electron chi connectivity index (χ3n) is 9.33. The first-order valence-electron chi connectivity index (χ1n) is 10.8. The van der Waals surface area contributed by atoms with Crippen molar-refractivity contribution in [2.75, 3.05) is 0 Å². The van der Waals surface area contributed by atoms with Crippen LogP contribution in [-0.4, -0.2) is 22.3 Å². The van der Waals surface area contributed by atoms with E-state index in [1.54, 1.807) is 0 Å². The average Bonchev–Trinajstić information content (AvgIpc) is 2.92. The van der Waals surface area contributed by atoms with Crippen LogP contribution in [0.15, 0.2) is 11.6 Å². The summed E-state index contributed by atoms with van der Waals surface area (Å²) in [6.07, 6.45) is 11.9. The van der Waals surface area contributed by atoms with E-state index in [1.807, 2.05) is 0 Å². The Kier molecular flexibility index (Phi) is 4.53. The van der Waals surface area contributed by atoms with Crippen molar-refractivity contribution in [3.05, 3.63) is 11.6 Å². The second-order valence-electron chi connectivity index (χ2n) is 10.5. The molecule has 0 unspecified atom stereocenters. The predicted molar refractivity (Wildman–Crippen MR) is 103 cm³/mol. The molecule has 3 nitrogen and oxygen atoms in total. The molecule has 0 amide bonds. The number of aliphatic hydroxyl groups is 1. The highest BCUT2D eigenvalue weighted by atomic mass is 16.4. The first kappa shape index (κ1) is 18.5. The number of hydrogen-bond acceptors (Lipinski definition) is 2. The van der Waals surface area contributed by atoms with Crippen molar-refractivity contribution in [1.29, 1.82) is 0 Å². The zero-order valence-corrected chi connectivity index (χ0v) is 16.7. The Labute approximate surface area is 158 Å². The first-order chi connectivity index (χ1) is 12.3. The number of fused-ring (bicyclic) bond motifs is 5. The maximum absolute atomic E-state index is 11.3. The topological polar surface area (TPSA) is 57.5 Å². The Balaban J connectivity index is 1.59. The Morgan fingerprint density at radius 3 is 2.69 bits per heavy atom. The van der Waals surface area contributed by atoms with E-state index in [-0.39, 0.29) is 12.0 Å². The third-order valence-corrected chi connectivity index (χ3v) is 9.33. The Hall–Kier alpha value is -0.830. The molecule has 4 aliphatic carbocycles. The molecular formula is C23H36O3. The van der Waals surface area contributed by atoms with Gasteiger partial charge in [-0.1, -0.05) is 32.4 Å². The summed E-state index contributed by atoms with van der Waals surface area (Å²) in [7, 11) is 0. The molecule has 0 aromatic rings. The Morgan fingerprint density at radius 2 is 1.96 bits per heavy atom. The van der Waals surface area contributed by atoms with Crippen LogP contribution in [0, 0.1) is 40.4 Å². The second kappa shape index (κ2) is 6.36. The number of aliphatic carboxylic acids is 1. The molecule has 2 N–H and O–H groups in total. The summed E-state index contributed by atoms with van der Waals surface area (Å²) in [4.78, 5) is 11.3. The molecule has 3 heteroatoms. The summed E-state index contributed by atoms with van der Waals surface area (Å²) < 4.78 is 0. The molecule has 4 rings (SSSR count). The van der Waals surface area contributed by atoms with Crippen LogP contribution in [0.25, 0.3) is 0 Å². The van der Waals surface area contributed by atoms with Crippen LogP contribution in [-0.2, 0) is 4.79 Å². The van der Waals surface area contributed by atoms with Gasteiger partial charge in [-0.05, 0) is 91.8 Å². The fourth-order valence-corrected chi connectivity index (χ4v) is 8.03. The van der Waals surface area contributed by atoms with Crippen molar-refractivity contribution < 1.29 is 15.0 Å². The second-order valence-corrected chi connectivity index (χ2v) is 10.5. The highest BCUT2D eigenvalue weighted by molar-refractivity contribution is 5.67. The van der Waals surface area contributed by atoms with E-state index in [2.05, 4.69) is 26.8 Å². The monoisotopic (exact) mass is 360 g/mol. The van der Waals surface area contributed by atoms with Crippen LogP contribution in [0.1, 0.15) is 78.6 Å². The lowest BCUT2D eigenvalue weighted by Gasteiger charge is -2.58. The number of carboxylic acid groups (broad SMARTS) is 1. The molecule has 3 fully saturated rings. The molecule has 0 aromatic heterocycles. The molecule has 8 atom stereocenters. The molecule has 4 aliphatic rings. The summed E-state index contributed by atoms with van der Waals surface area (Å²) in [6.45, 7) is 7.13. The van der Waals surface area contributed by atoms with Crippen molar-refractivity contribution in [3.63, 3.8) is 0 Å². The lowest BCUT2D eigenvalue weighted by molar-refractivity contribution is -0.139. The van der Waals surface area contributed by atoms with E-state index in [9.17, 15) is 15.0 Å². The van der Waals surface area contributed by atoms with Gasteiger partial charge in [0.2, 0.25) is 0 Å². The highest BCUT2D eigenvalue weighted by Gasteiger charge is 2.59. The molecule has 26 heavy (non-hydrogen) atoms. The van der Waals surface area contributed by atoms with Gasteiger partial charge in [-0.2, -0.15) is 0 Å². The summed E-state index contributed by atoms with van der Waals surface area (Å²) in [5, 5.41) is 19.4. The molecule has 146 valence electrons. The van der Waals surface area contributed by atoms with Crippen molar-refractivity contribution >= 4 is 5.97 Å². The van der Waals surface area contributed by atoms with E-state index in [0.717, 1.165) is 37.0 Å². The van der Waals surface area contributed by atoms with E-state index >= 15 is 0 Å². The standard InChI is InChI=1S/C23H36O3/c1-14(12-21(25)26)18-6-7-19-17-5-4-15-13-16(24)8-10-22(15,2)20(17)9-11-23(18,19)3/h4,14,16-20,24H,5-13H2,1-3H3,(H,25,26)/t14-,16+,17+,18-,19+,20+,22+,23-/m1/s1. The van der Waals surface area contributed by atoms with E-state index in [1.165, 1.54) is 37.7 Å². The van der Waals surface area contributed by atoms with Crippen LogP contribution in [0.3, 0.4) is 0 Å². The van der Waals surface area contributed by atoms with Gasteiger partial charge in [-0.15, -0.1) is 0 Å². The minimum absolute atomic E-state index is 0.132. The Morgan fingerprint density at radius 1 is 1.19 bits per heavy atom. The number of hydrogen-bond donors (Lipinski definition) is 2. The first-order valence-corrected chi connectivity index (χ1v) is 10.8. The molecule has 0 heterocycles. The number of carboxylic acids is 1. The van der Waals surface area contributed by atoms with E-state index in [0.29, 0.717) is 23.2 Å². The van der Waals surface area contributed by atoms with Gasteiger partial charge in [0, 0.05) is 6.42 Å². The highest BCUT2D eigenvalue weighted by Crippen LogP contribution is 2.67. The number of carbonyl (C=O) groups is 1. The molecule has 0 spiro atoms.